The van der Waals surface area contributed by atoms with Gasteiger partial charge in [0.25, 0.3) is 5.91 Å². The van der Waals surface area contributed by atoms with E-state index in [4.69, 9.17) is 4.74 Å². The zero-order valence-electron chi connectivity index (χ0n) is 15.7. The minimum atomic E-state index is -9.91. The van der Waals surface area contributed by atoms with Crippen molar-refractivity contribution in [1.82, 2.24) is 0 Å². The summed E-state index contributed by atoms with van der Waals surface area (Å²) in [5, 5.41) is 12.1. The van der Waals surface area contributed by atoms with Gasteiger partial charge in [0.15, 0.2) is 5.60 Å². The number of anilines is 1. The van der Waals surface area contributed by atoms with E-state index >= 15 is 0 Å². The van der Waals surface area contributed by atoms with Gasteiger partial charge in [-0.05, 0) is 55.5 Å². The normalized spacial score (nSPS) is 18.9. The summed E-state index contributed by atoms with van der Waals surface area (Å²) < 4.78 is 132. The maximum atomic E-state index is 12.7. The van der Waals surface area contributed by atoms with Crippen LogP contribution in [0.15, 0.2) is 58.3 Å². The first-order chi connectivity index (χ1) is 13.8. The van der Waals surface area contributed by atoms with Crippen LogP contribution in [-0.2, 0) is 4.79 Å². The summed E-state index contributed by atoms with van der Waals surface area (Å²) in [4.78, 5) is 7.70. The van der Waals surface area contributed by atoms with Gasteiger partial charge >= 0.3 is 20.4 Å². The molecule has 2 rings (SSSR count). The van der Waals surface area contributed by atoms with Crippen molar-refractivity contribution in [3.05, 3.63) is 48.5 Å². The maximum absolute atomic E-state index is 12.7. The molecule has 2 N–H and O–H groups in total. The van der Waals surface area contributed by atoms with Gasteiger partial charge in [0.1, 0.15) is 22.1 Å². The van der Waals surface area contributed by atoms with Crippen molar-refractivity contribution in [2.45, 2.75) is 22.3 Å². The summed E-state index contributed by atoms with van der Waals surface area (Å²) in [7, 11) is -19.8. The molecule has 1 amide bonds. The molecule has 32 heavy (non-hydrogen) atoms. The number of carbonyl (C=O) groups is 1. The molecular formula is C16H15F10NO3S2. The van der Waals surface area contributed by atoms with E-state index in [-0.39, 0.29) is 30.0 Å². The SMILES string of the molecule is CC(O)(COc1ccc(S(F)(F)(F)(F)F)cc1)C(=O)Nc1ccc(S(F)(F)(F)(F)F)cc1. The molecule has 0 saturated carbocycles. The Bertz CT molecular complexity index is 1040. The van der Waals surface area contributed by atoms with E-state index in [1.807, 2.05) is 5.32 Å². The van der Waals surface area contributed by atoms with Crippen LogP contribution in [0.1, 0.15) is 6.92 Å². The van der Waals surface area contributed by atoms with Gasteiger partial charge in [0, 0.05) is 5.69 Å². The first kappa shape index (κ1) is 25.9. The van der Waals surface area contributed by atoms with Crippen LogP contribution in [0.25, 0.3) is 0 Å². The van der Waals surface area contributed by atoms with E-state index in [9.17, 15) is 48.8 Å². The summed E-state index contributed by atoms with van der Waals surface area (Å²) >= 11 is 0. The fourth-order valence-electron chi connectivity index (χ4n) is 2.14. The van der Waals surface area contributed by atoms with E-state index in [0.717, 1.165) is 6.92 Å². The van der Waals surface area contributed by atoms with E-state index in [1.165, 1.54) is 0 Å². The predicted octanol–water partition coefficient (Wildman–Crippen LogP) is 7.77. The Morgan fingerprint density at radius 2 is 1.19 bits per heavy atom. The molecule has 2 aromatic carbocycles. The van der Waals surface area contributed by atoms with E-state index in [2.05, 4.69) is 0 Å². The Kier molecular flexibility index (Phi) is 4.99. The first-order valence-electron chi connectivity index (χ1n) is 8.12. The number of amides is 1. The van der Waals surface area contributed by atoms with Gasteiger partial charge in [-0.1, -0.05) is 38.9 Å². The van der Waals surface area contributed by atoms with Crippen LogP contribution in [0.5, 0.6) is 5.75 Å². The van der Waals surface area contributed by atoms with E-state index in [0.29, 0.717) is 24.3 Å². The number of hydrogen-bond donors (Lipinski definition) is 2. The molecule has 0 radical (unpaired) electrons. The van der Waals surface area contributed by atoms with Gasteiger partial charge in [-0.3, -0.25) is 4.79 Å². The highest BCUT2D eigenvalue weighted by molar-refractivity contribution is 8.46. The third-order valence-corrected chi connectivity index (χ3v) is 6.16. The highest BCUT2D eigenvalue weighted by atomic mass is 32.5. The summed E-state index contributed by atoms with van der Waals surface area (Å²) in [5.41, 5.74) is -2.79. The topological polar surface area (TPSA) is 58.6 Å². The van der Waals surface area contributed by atoms with Crippen LogP contribution in [0.2, 0.25) is 0 Å². The quantitative estimate of drug-likeness (QED) is 0.365. The van der Waals surface area contributed by atoms with Gasteiger partial charge < -0.3 is 15.2 Å². The second-order valence-electron chi connectivity index (χ2n) is 6.95. The van der Waals surface area contributed by atoms with Crippen molar-refractivity contribution >= 4 is 32.0 Å². The lowest BCUT2D eigenvalue weighted by molar-refractivity contribution is -0.135. The van der Waals surface area contributed by atoms with Crippen molar-refractivity contribution in [3.63, 3.8) is 0 Å². The first-order valence-corrected chi connectivity index (χ1v) is 12.0. The van der Waals surface area contributed by atoms with Crippen molar-refractivity contribution in [2.24, 2.45) is 0 Å². The summed E-state index contributed by atoms with van der Waals surface area (Å²) in [6, 6.07) is 2.24. The average molecular weight is 523 g/mol. The Morgan fingerprint density at radius 1 is 0.812 bits per heavy atom. The van der Waals surface area contributed by atoms with Crippen LogP contribution in [0.4, 0.5) is 44.5 Å². The number of aliphatic hydroxyl groups is 1. The Balaban J connectivity index is 2.06. The maximum Gasteiger partial charge on any atom is 0.310 e. The summed E-state index contributed by atoms with van der Waals surface area (Å²) in [6.45, 7) is -0.0351. The highest BCUT2D eigenvalue weighted by Crippen LogP contribution is 3.02. The molecule has 0 fully saturated rings. The van der Waals surface area contributed by atoms with Crippen molar-refractivity contribution in [2.75, 3.05) is 11.9 Å². The van der Waals surface area contributed by atoms with Crippen LogP contribution < -0.4 is 10.1 Å². The van der Waals surface area contributed by atoms with Gasteiger partial charge in [0.05, 0.1) is 0 Å². The largest absolute Gasteiger partial charge is 0.490 e. The molecule has 0 spiro atoms. The molecule has 184 valence electrons. The third kappa shape index (κ3) is 6.83. The molecule has 0 aliphatic rings. The Morgan fingerprint density at radius 3 is 1.56 bits per heavy atom. The second kappa shape index (κ2) is 6.17. The van der Waals surface area contributed by atoms with Gasteiger partial charge in [-0.15, -0.1) is 0 Å². The van der Waals surface area contributed by atoms with Gasteiger partial charge in [0.2, 0.25) is 0 Å². The number of nitrogens with one attached hydrogen (secondary N) is 1. The standard InChI is InChI=1S/C16H15F10NO3S2/c1-16(29,10-30-12-4-8-14(9-5-12)32(22,23,24,25)26)15(28)27-11-2-6-13(7-3-11)31(17,18,19,20)21/h2-9,29H,10H2,1H3,(H,27,28). The average Bonchev–Trinajstić information content (AvgIpc) is 2.57. The molecule has 0 bridgehead atoms. The van der Waals surface area contributed by atoms with Crippen LogP contribution in [0.3, 0.4) is 0 Å². The lowest BCUT2D eigenvalue weighted by Gasteiger charge is -2.40. The van der Waals surface area contributed by atoms with Crippen molar-refractivity contribution in [1.29, 1.82) is 0 Å². The van der Waals surface area contributed by atoms with Crippen molar-refractivity contribution < 1.29 is 53.5 Å². The molecule has 1 unspecified atom stereocenters. The molecule has 1 atom stereocenters. The fraction of sp³-hybridized carbons (Fsp3) is 0.188. The third-order valence-electron chi connectivity index (χ3n) is 3.84. The molecule has 0 heterocycles. The van der Waals surface area contributed by atoms with E-state index < -0.39 is 54.1 Å². The monoisotopic (exact) mass is 523 g/mol. The second-order valence-corrected chi connectivity index (χ2v) is 11.8. The molecule has 16 heteroatoms. The molecule has 0 saturated heterocycles. The Hall–Kier alpha value is -2.33. The molecular weight excluding hydrogens is 508 g/mol. The summed E-state index contributed by atoms with van der Waals surface area (Å²) in [5.74, 6) is -1.68. The minimum Gasteiger partial charge on any atom is -0.490 e. The number of hydrogen-bond acceptors (Lipinski definition) is 3. The number of benzene rings is 2. The molecule has 2 aromatic rings. The van der Waals surface area contributed by atoms with Gasteiger partial charge in [-0.25, -0.2) is 0 Å². The number of rotatable bonds is 7. The van der Waals surface area contributed by atoms with Gasteiger partial charge in [-0.2, -0.15) is 0 Å². The summed E-state index contributed by atoms with van der Waals surface area (Å²) in [6.07, 6.45) is 0. The molecule has 4 nitrogen and oxygen atoms in total. The van der Waals surface area contributed by atoms with Crippen molar-refractivity contribution in [3.8, 4) is 5.75 Å². The highest BCUT2D eigenvalue weighted by Gasteiger charge is 2.66. The fourth-order valence-corrected chi connectivity index (χ4v) is 3.44. The van der Waals surface area contributed by atoms with Crippen LogP contribution in [-0.4, -0.2) is 23.2 Å². The minimum absolute atomic E-state index is 0.0304. The van der Waals surface area contributed by atoms with Crippen LogP contribution in [0, 0.1) is 0 Å². The lowest BCUT2D eigenvalue weighted by Crippen LogP contribution is -2.45. The number of carbonyl (C=O) groups excluding carboxylic acids is 1. The number of ether oxygens (including phenoxy) is 1. The smallest absolute Gasteiger partial charge is 0.310 e. The number of halogens is 10. The van der Waals surface area contributed by atoms with E-state index in [1.54, 1.807) is 0 Å². The zero-order valence-corrected chi connectivity index (χ0v) is 17.3. The molecule has 0 aromatic heterocycles. The Labute approximate surface area is 174 Å². The molecule has 0 aliphatic heterocycles. The van der Waals surface area contributed by atoms with Crippen LogP contribution >= 0.6 is 20.4 Å². The molecule has 0 aliphatic carbocycles. The zero-order chi connectivity index (χ0) is 25.0. The predicted molar refractivity (Wildman–Crippen MR) is 100 cm³/mol. The lowest BCUT2D eigenvalue weighted by atomic mass is 10.1.